The Morgan fingerprint density at radius 2 is 2.12 bits per heavy atom. The number of benzene rings is 1. The molecule has 94 valence electrons. The van der Waals surface area contributed by atoms with E-state index in [1.807, 2.05) is 25.1 Å². The topological polar surface area (TPSA) is 49.5 Å². The Hall–Kier alpha value is -0.580. The Balaban J connectivity index is 2.18. The third-order valence-corrected chi connectivity index (χ3v) is 4.06. The first-order chi connectivity index (χ1) is 8.08. The van der Waals surface area contributed by atoms with Gasteiger partial charge in [-0.3, -0.25) is 0 Å². The van der Waals surface area contributed by atoms with Crippen LogP contribution in [-0.4, -0.2) is 30.3 Å². The maximum Gasteiger partial charge on any atom is 0.0557 e. The van der Waals surface area contributed by atoms with Crippen molar-refractivity contribution in [3.8, 4) is 0 Å². The van der Waals surface area contributed by atoms with Crippen molar-refractivity contribution in [1.29, 1.82) is 0 Å². The Labute approximate surface area is 111 Å². The molecular weight excluding hydrogens is 280 g/mol. The molecule has 0 bridgehead atoms. The Morgan fingerprint density at radius 1 is 1.41 bits per heavy atom. The molecule has 1 aliphatic rings. The number of nitrogens with two attached hydrogens (primary N) is 1. The van der Waals surface area contributed by atoms with Gasteiger partial charge in [0.25, 0.3) is 0 Å². The number of para-hydroxylation sites is 1. The molecule has 3 nitrogen and oxygen atoms in total. The lowest BCUT2D eigenvalue weighted by Gasteiger charge is -2.39. The molecule has 2 rings (SSSR count). The van der Waals surface area contributed by atoms with Crippen molar-refractivity contribution in [2.75, 3.05) is 18.0 Å². The molecule has 0 aromatic heterocycles. The summed E-state index contributed by atoms with van der Waals surface area (Å²) in [5.74, 6) is 0.255. The number of aliphatic hydroxyl groups is 1. The maximum absolute atomic E-state index is 9.73. The maximum atomic E-state index is 9.73. The number of nitrogens with zero attached hydrogens (tertiary/aromatic N) is 1. The lowest BCUT2D eigenvalue weighted by atomic mass is 9.90. The van der Waals surface area contributed by atoms with Crippen LogP contribution < -0.4 is 10.6 Å². The van der Waals surface area contributed by atoms with E-state index in [2.05, 4.69) is 26.9 Å². The summed E-state index contributed by atoms with van der Waals surface area (Å²) in [4.78, 5) is 2.26. The molecule has 17 heavy (non-hydrogen) atoms. The Kier molecular flexibility index (Phi) is 4.07. The van der Waals surface area contributed by atoms with Crippen molar-refractivity contribution in [3.63, 3.8) is 0 Å². The minimum Gasteiger partial charge on any atom is -0.393 e. The van der Waals surface area contributed by atoms with Crippen LogP contribution in [0, 0.1) is 5.92 Å². The zero-order valence-corrected chi connectivity index (χ0v) is 11.6. The second kappa shape index (κ2) is 5.38. The smallest absolute Gasteiger partial charge is 0.0557 e. The van der Waals surface area contributed by atoms with Crippen LogP contribution in [0.2, 0.25) is 0 Å². The molecule has 1 fully saturated rings. The van der Waals surface area contributed by atoms with E-state index in [1.165, 1.54) is 0 Å². The molecule has 0 saturated carbocycles. The van der Waals surface area contributed by atoms with Gasteiger partial charge in [0.2, 0.25) is 0 Å². The van der Waals surface area contributed by atoms with Crippen molar-refractivity contribution >= 4 is 21.6 Å². The molecule has 1 aromatic rings. The van der Waals surface area contributed by atoms with Crippen molar-refractivity contribution in [2.24, 2.45) is 11.7 Å². The summed E-state index contributed by atoms with van der Waals surface area (Å²) < 4.78 is 1.08. The first-order valence-corrected chi connectivity index (χ1v) is 6.80. The quantitative estimate of drug-likeness (QED) is 0.878. The number of hydrogen-bond acceptors (Lipinski definition) is 3. The van der Waals surface area contributed by atoms with Crippen LogP contribution in [-0.2, 0) is 0 Å². The number of hydrogen-bond donors (Lipinski definition) is 2. The van der Waals surface area contributed by atoms with Crippen LogP contribution in [0.5, 0.6) is 0 Å². The van der Waals surface area contributed by atoms with Gasteiger partial charge >= 0.3 is 0 Å². The highest BCUT2D eigenvalue weighted by Gasteiger charge is 2.28. The van der Waals surface area contributed by atoms with E-state index >= 15 is 0 Å². The fourth-order valence-electron chi connectivity index (χ4n) is 2.43. The summed E-state index contributed by atoms with van der Waals surface area (Å²) in [5, 5.41) is 9.73. The largest absolute Gasteiger partial charge is 0.393 e. The molecule has 1 heterocycles. The van der Waals surface area contributed by atoms with E-state index in [-0.39, 0.29) is 18.1 Å². The first kappa shape index (κ1) is 12.9. The SMILES string of the molecule is CC(O)C1CC(N)CN(c2ccccc2Br)C1. The fourth-order valence-corrected chi connectivity index (χ4v) is 2.97. The van der Waals surface area contributed by atoms with Crippen molar-refractivity contribution in [1.82, 2.24) is 0 Å². The minimum absolute atomic E-state index is 0.135. The van der Waals surface area contributed by atoms with Crippen molar-refractivity contribution in [3.05, 3.63) is 28.7 Å². The zero-order chi connectivity index (χ0) is 12.4. The van der Waals surface area contributed by atoms with Gasteiger partial charge in [-0.05, 0) is 41.4 Å². The van der Waals surface area contributed by atoms with E-state index in [0.29, 0.717) is 0 Å². The standard InChI is InChI=1S/C13H19BrN2O/c1-9(17)10-6-11(15)8-16(7-10)13-5-3-2-4-12(13)14/h2-5,9-11,17H,6-8,15H2,1H3. The van der Waals surface area contributed by atoms with E-state index in [1.54, 1.807) is 0 Å². The molecule has 3 N–H and O–H groups in total. The van der Waals surface area contributed by atoms with Crippen LogP contribution in [0.3, 0.4) is 0 Å². The lowest BCUT2D eigenvalue weighted by Crippen LogP contribution is -2.49. The molecule has 0 aliphatic carbocycles. The van der Waals surface area contributed by atoms with Gasteiger partial charge in [-0.15, -0.1) is 0 Å². The molecule has 3 unspecified atom stereocenters. The monoisotopic (exact) mass is 298 g/mol. The summed E-state index contributed by atoms with van der Waals surface area (Å²) in [7, 11) is 0. The Bertz CT molecular complexity index is 383. The molecule has 1 saturated heterocycles. The van der Waals surface area contributed by atoms with Crippen LogP contribution in [0.4, 0.5) is 5.69 Å². The summed E-state index contributed by atoms with van der Waals surface area (Å²) in [6.45, 7) is 3.57. The average molecular weight is 299 g/mol. The van der Waals surface area contributed by atoms with Crippen LogP contribution in [0.1, 0.15) is 13.3 Å². The van der Waals surface area contributed by atoms with Gasteiger partial charge in [-0.2, -0.15) is 0 Å². The zero-order valence-electron chi connectivity index (χ0n) is 10.0. The van der Waals surface area contributed by atoms with Gasteiger partial charge in [-0.1, -0.05) is 12.1 Å². The van der Waals surface area contributed by atoms with Gasteiger partial charge in [0.15, 0.2) is 0 Å². The molecular formula is C13H19BrN2O. The lowest BCUT2D eigenvalue weighted by molar-refractivity contribution is 0.110. The second-order valence-electron chi connectivity index (χ2n) is 4.85. The number of anilines is 1. The van der Waals surface area contributed by atoms with Crippen LogP contribution >= 0.6 is 15.9 Å². The van der Waals surface area contributed by atoms with Crippen LogP contribution in [0.25, 0.3) is 0 Å². The third kappa shape index (κ3) is 3.00. The predicted molar refractivity (Wildman–Crippen MR) is 74.1 cm³/mol. The normalized spacial score (nSPS) is 26.9. The first-order valence-electron chi connectivity index (χ1n) is 6.01. The van der Waals surface area contributed by atoms with Gasteiger partial charge in [0, 0.05) is 29.5 Å². The average Bonchev–Trinajstić information content (AvgIpc) is 2.28. The van der Waals surface area contributed by atoms with Crippen LogP contribution in [0.15, 0.2) is 28.7 Å². The number of rotatable bonds is 2. The molecule has 0 spiro atoms. The molecule has 0 amide bonds. The summed E-state index contributed by atoms with van der Waals surface area (Å²) in [6, 6.07) is 8.28. The summed E-state index contributed by atoms with van der Waals surface area (Å²) in [6.07, 6.45) is 0.602. The van der Waals surface area contributed by atoms with Crippen molar-refractivity contribution in [2.45, 2.75) is 25.5 Å². The van der Waals surface area contributed by atoms with Gasteiger partial charge in [-0.25, -0.2) is 0 Å². The fraction of sp³-hybridized carbons (Fsp3) is 0.538. The molecule has 3 atom stereocenters. The van der Waals surface area contributed by atoms with E-state index in [4.69, 9.17) is 5.73 Å². The number of halogens is 1. The molecule has 4 heteroatoms. The van der Waals surface area contributed by atoms with E-state index < -0.39 is 0 Å². The molecule has 1 aromatic carbocycles. The van der Waals surface area contributed by atoms with Crippen molar-refractivity contribution < 1.29 is 5.11 Å². The summed E-state index contributed by atoms with van der Waals surface area (Å²) >= 11 is 3.56. The molecule has 0 radical (unpaired) electrons. The Morgan fingerprint density at radius 3 is 2.76 bits per heavy atom. The highest BCUT2D eigenvalue weighted by Crippen LogP contribution is 2.30. The summed E-state index contributed by atoms with van der Waals surface area (Å²) in [5.41, 5.74) is 7.23. The highest BCUT2D eigenvalue weighted by molar-refractivity contribution is 9.10. The molecule has 1 aliphatic heterocycles. The second-order valence-corrected chi connectivity index (χ2v) is 5.71. The highest BCUT2D eigenvalue weighted by atomic mass is 79.9. The predicted octanol–water partition coefficient (Wildman–Crippen LogP) is 1.98. The van der Waals surface area contributed by atoms with Gasteiger partial charge in [0.1, 0.15) is 0 Å². The van der Waals surface area contributed by atoms with Gasteiger partial charge in [0.05, 0.1) is 11.8 Å². The minimum atomic E-state index is -0.300. The van der Waals surface area contributed by atoms with E-state index in [0.717, 1.165) is 29.7 Å². The third-order valence-electron chi connectivity index (χ3n) is 3.39. The number of aliphatic hydroxyl groups excluding tert-OH is 1. The van der Waals surface area contributed by atoms with Gasteiger partial charge < -0.3 is 15.7 Å². The number of piperidine rings is 1. The van der Waals surface area contributed by atoms with E-state index in [9.17, 15) is 5.11 Å².